The molecule has 2 aromatic rings. The van der Waals surface area contributed by atoms with Gasteiger partial charge in [-0.05, 0) is 49.2 Å². The van der Waals surface area contributed by atoms with Crippen LogP contribution >= 0.6 is 0 Å². The largest absolute Gasteiger partial charge is 0.326 e. The average molecular weight is 373 g/mol. The molecule has 0 aliphatic rings. The van der Waals surface area contributed by atoms with E-state index in [1.807, 2.05) is 13.8 Å². The molecule has 0 saturated heterocycles. The molecule has 0 fully saturated rings. The Kier molecular flexibility index (Phi) is 6.59. The minimum absolute atomic E-state index is 0.0674. The van der Waals surface area contributed by atoms with E-state index in [1.165, 1.54) is 18.2 Å². The van der Waals surface area contributed by atoms with Gasteiger partial charge in [0.15, 0.2) is 0 Å². The first kappa shape index (κ1) is 20.0. The lowest BCUT2D eigenvalue weighted by Gasteiger charge is -2.13. The van der Waals surface area contributed by atoms with Gasteiger partial charge in [-0.15, -0.1) is 0 Å². The zero-order valence-corrected chi connectivity index (χ0v) is 15.0. The van der Waals surface area contributed by atoms with Gasteiger partial charge in [0, 0.05) is 28.9 Å². The number of nitrogens with one attached hydrogen (secondary N) is 2. The molecule has 0 saturated carbocycles. The molecule has 27 heavy (non-hydrogen) atoms. The third-order valence-electron chi connectivity index (χ3n) is 4.17. The quantitative estimate of drug-likeness (QED) is 0.556. The Hall–Kier alpha value is -3.29. The SMILES string of the molecule is CCC(CC)C(=O)Nc1ccc(C(=O)Nc2ccc(F)c([N+](=O)[O-])c2)cc1. The molecular formula is C19H20FN3O4. The summed E-state index contributed by atoms with van der Waals surface area (Å²) in [5.41, 5.74) is 0.259. The molecule has 2 amide bonds. The number of carbonyl (C=O) groups excluding carboxylic acids is 2. The Morgan fingerprint density at radius 3 is 2.19 bits per heavy atom. The van der Waals surface area contributed by atoms with Gasteiger partial charge in [0.05, 0.1) is 4.92 Å². The van der Waals surface area contributed by atoms with Crippen molar-refractivity contribution in [1.29, 1.82) is 0 Å². The van der Waals surface area contributed by atoms with Crippen LogP contribution in [-0.4, -0.2) is 16.7 Å². The maximum atomic E-state index is 13.3. The second kappa shape index (κ2) is 8.88. The number of nitrogens with zero attached hydrogens (tertiary/aromatic N) is 1. The van der Waals surface area contributed by atoms with Crippen LogP contribution in [0.3, 0.4) is 0 Å². The zero-order chi connectivity index (χ0) is 20.0. The van der Waals surface area contributed by atoms with E-state index in [2.05, 4.69) is 10.6 Å². The summed E-state index contributed by atoms with van der Waals surface area (Å²) in [5.74, 6) is -1.62. The minimum Gasteiger partial charge on any atom is -0.326 e. The molecule has 142 valence electrons. The molecule has 7 nitrogen and oxygen atoms in total. The number of hydrogen-bond donors (Lipinski definition) is 2. The summed E-state index contributed by atoms with van der Waals surface area (Å²) in [6.45, 7) is 3.89. The summed E-state index contributed by atoms with van der Waals surface area (Å²) in [6, 6.07) is 9.36. The number of nitro groups is 1. The third kappa shape index (κ3) is 5.10. The van der Waals surface area contributed by atoms with Gasteiger partial charge in [-0.1, -0.05) is 13.8 Å². The highest BCUT2D eigenvalue weighted by Crippen LogP contribution is 2.22. The molecule has 0 heterocycles. The van der Waals surface area contributed by atoms with Crippen LogP contribution in [0.5, 0.6) is 0 Å². The van der Waals surface area contributed by atoms with Crippen molar-refractivity contribution >= 4 is 28.9 Å². The monoisotopic (exact) mass is 373 g/mol. The van der Waals surface area contributed by atoms with Crippen LogP contribution < -0.4 is 10.6 Å². The maximum Gasteiger partial charge on any atom is 0.306 e. The van der Waals surface area contributed by atoms with Crippen LogP contribution in [-0.2, 0) is 4.79 Å². The van der Waals surface area contributed by atoms with Gasteiger partial charge in [0.1, 0.15) is 0 Å². The van der Waals surface area contributed by atoms with Crippen molar-refractivity contribution in [2.45, 2.75) is 26.7 Å². The number of halogens is 1. The van der Waals surface area contributed by atoms with Crippen molar-refractivity contribution < 1.29 is 18.9 Å². The Morgan fingerprint density at radius 1 is 1.04 bits per heavy atom. The fourth-order valence-corrected chi connectivity index (χ4v) is 2.54. The first-order valence-electron chi connectivity index (χ1n) is 8.51. The van der Waals surface area contributed by atoms with Crippen molar-refractivity contribution in [3.63, 3.8) is 0 Å². The van der Waals surface area contributed by atoms with E-state index in [0.717, 1.165) is 25.0 Å². The van der Waals surface area contributed by atoms with E-state index in [-0.39, 0.29) is 17.5 Å². The molecule has 2 N–H and O–H groups in total. The fraction of sp³-hybridized carbons (Fsp3) is 0.263. The summed E-state index contributed by atoms with van der Waals surface area (Å²) in [4.78, 5) is 34.2. The number of benzene rings is 2. The number of hydrogen-bond acceptors (Lipinski definition) is 4. The van der Waals surface area contributed by atoms with Crippen molar-refractivity contribution in [2.24, 2.45) is 5.92 Å². The van der Waals surface area contributed by atoms with Crippen LogP contribution in [0.15, 0.2) is 42.5 Å². The highest BCUT2D eigenvalue weighted by molar-refractivity contribution is 6.04. The van der Waals surface area contributed by atoms with E-state index < -0.39 is 22.3 Å². The maximum absolute atomic E-state index is 13.3. The number of rotatable bonds is 7. The minimum atomic E-state index is -0.976. The third-order valence-corrected chi connectivity index (χ3v) is 4.17. The lowest BCUT2D eigenvalue weighted by molar-refractivity contribution is -0.387. The molecule has 0 radical (unpaired) electrons. The molecule has 0 aromatic heterocycles. The summed E-state index contributed by atoms with van der Waals surface area (Å²) in [5, 5.41) is 16.0. The molecule has 0 spiro atoms. The number of anilines is 2. The summed E-state index contributed by atoms with van der Waals surface area (Å²) >= 11 is 0. The molecule has 0 unspecified atom stereocenters. The zero-order valence-electron chi connectivity index (χ0n) is 15.0. The smallest absolute Gasteiger partial charge is 0.306 e. The first-order valence-corrected chi connectivity index (χ1v) is 8.51. The van der Waals surface area contributed by atoms with E-state index >= 15 is 0 Å². The number of carbonyl (C=O) groups is 2. The molecule has 2 rings (SSSR count). The Balaban J connectivity index is 2.07. The Morgan fingerprint density at radius 2 is 1.63 bits per heavy atom. The molecular weight excluding hydrogens is 353 g/mol. The predicted molar refractivity (Wildman–Crippen MR) is 100 cm³/mol. The average Bonchev–Trinajstić information content (AvgIpc) is 2.64. The second-order valence-electron chi connectivity index (χ2n) is 5.96. The molecule has 0 atom stereocenters. The van der Waals surface area contributed by atoms with Crippen LogP contribution in [0.25, 0.3) is 0 Å². The molecule has 8 heteroatoms. The molecule has 0 aliphatic heterocycles. The normalized spacial score (nSPS) is 10.5. The van der Waals surface area contributed by atoms with Crippen LogP contribution in [0.1, 0.15) is 37.0 Å². The highest BCUT2D eigenvalue weighted by atomic mass is 19.1. The van der Waals surface area contributed by atoms with Crippen LogP contribution in [0.2, 0.25) is 0 Å². The molecule has 0 bridgehead atoms. The van der Waals surface area contributed by atoms with Gasteiger partial charge in [-0.2, -0.15) is 4.39 Å². The van der Waals surface area contributed by atoms with Crippen LogP contribution in [0, 0.1) is 21.8 Å². The fourth-order valence-electron chi connectivity index (χ4n) is 2.54. The van der Waals surface area contributed by atoms with Crippen LogP contribution in [0.4, 0.5) is 21.5 Å². The van der Waals surface area contributed by atoms with Crippen molar-refractivity contribution in [1.82, 2.24) is 0 Å². The van der Waals surface area contributed by atoms with Gasteiger partial charge < -0.3 is 10.6 Å². The van der Waals surface area contributed by atoms with Gasteiger partial charge in [-0.3, -0.25) is 19.7 Å². The van der Waals surface area contributed by atoms with E-state index in [9.17, 15) is 24.1 Å². The van der Waals surface area contributed by atoms with E-state index in [4.69, 9.17) is 0 Å². The predicted octanol–water partition coefficient (Wildman–Crippen LogP) is 4.36. The molecule has 2 aromatic carbocycles. The van der Waals surface area contributed by atoms with E-state index in [0.29, 0.717) is 11.3 Å². The Bertz CT molecular complexity index is 849. The van der Waals surface area contributed by atoms with E-state index in [1.54, 1.807) is 12.1 Å². The summed E-state index contributed by atoms with van der Waals surface area (Å²) in [7, 11) is 0. The number of amides is 2. The van der Waals surface area contributed by atoms with Gasteiger partial charge in [0.25, 0.3) is 5.91 Å². The lowest BCUT2D eigenvalue weighted by Crippen LogP contribution is -2.21. The topological polar surface area (TPSA) is 101 Å². The van der Waals surface area contributed by atoms with Gasteiger partial charge in [0.2, 0.25) is 11.7 Å². The van der Waals surface area contributed by atoms with Crippen molar-refractivity contribution in [3.8, 4) is 0 Å². The van der Waals surface area contributed by atoms with Gasteiger partial charge >= 0.3 is 5.69 Å². The summed E-state index contributed by atoms with van der Waals surface area (Å²) in [6.07, 6.45) is 1.49. The van der Waals surface area contributed by atoms with Gasteiger partial charge in [-0.25, -0.2) is 0 Å². The van der Waals surface area contributed by atoms with Crippen molar-refractivity contribution in [3.05, 3.63) is 64.0 Å². The van der Waals surface area contributed by atoms with Crippen molar-refractivity contribution in [2.75, 3.05) is 10.6 Å². The second-order valence-corrected chi connectivity index (χ2v) is 5.96. The number of nitro benzene ring substituents is 1. The lowest BCUT2D eigenvalue weighted by atomic mass is 10.0. The summed E-state index contributed by atoms with van der Waals surface area (Å²) < 4.78 is 13.3. The highest BCUT2D eigenvalue weighted by Gasteiger charge is 2.16. The Labute approximate surface area is 155 Å². The standard InChI is InChI=1S/C19H20FN3O4/c1-3-12(4-2)18(24)21-14-7-5-13(6-8-14)19(25)22-15-9-10-16(20)17(11-15)23(26)27/h5-12H,3-4H2,1-2H3,(H,21,24)(H,22,25). The molecule has 0 aliphatic carbocycles. The first-order chi connectivity index (χ1) is 12.8.